The monoisotopic (exact) mass is 337 g/mol. The van der Waals surface area contributed by atoms with Crippen LogP contribution in [-0.4, -0.2) is 22.2 Å². The molecule has 25 heavy (non-hydrogen) atoms. The number of fused-ring (bicyclic) bond motifs is 1. The van der Waals surface area contributed by atoms with Crippen molar-refractivity contribution >= 4 is 16.9 Å². The van der Waals surface area contributed by atoms with E-state index < -0.39 is 5.97 Å². The zero-order valence-corrected chi connectivity index (χ0v) is 14.9. The molecular weight excluding hydrogens is 314 g/mol. The van der Waals surface area contributed by atoms with Crippen LogP contribution in [0, 0.1) is 20.8 Å². The lowest BCUT2D eigenvalue weighted by Gasteiger charge is -2.12. The maximum absolute atomic E-state index is 11.1. The highest BCUT2D eigenvalue weighted by Crippen LogP contribution is 2.23. The molecule has 0 bridgehead atoms. The van der Waals surface area contributed by atoms with Gasteiger partial charge in [0.1, 0.15) is 12.4 Å². The fourth-order valence-corrected chi connectivity index (χ4v) is 3.15. The lowest BCUT2D eigenvalue weighted by Crippen LogP contribution is -2.08. The molecular formula is C21H23NO3. The second-order valence-corrected chi connectivity index (χ2v) is 6.47. The van der Waals surface area contributed by atoms with E-state index in [-0.39, 0.29) is 6.42 Å². The molecule has 0 saturated carbocycles. The van der Waals surface area contributed by atoms with E-state index in [2.05, 4.69) is 37.5 Å². The number of hydrogen-bond acceptors (Lipinski definition) is 2. The van der Waals surface area contributed by atoms with Gasteiger partial charge in [0.05, 0.1) is 13.0 Å². The first kappa shape index (κ1) is 17.1. The number of hydrogen-bond donors (Lipinski definition) is 1. The zero-order valence-electron chi connectivity index (χ0n) is 14.9. The summed E-state index contributed by atoms with van der Waals surface area (Å²) in [5, 5.41) is 10.1. The van der Waals surface area contributed by atoms with Gasteiger partial charge in [0, 0.05) is 17.1 Å². The summed E-state index contributed by atoms with van der Waals surface area (Å²) >= 11 is 0. The first-order chi connectivity index (χ1) is 12.0. The van der Waals surface area contributed by atoms with Crippen LogP contribution in [0.4, 0.5) is 0 Å². The Balaban J connectivity index is 1.76. The number of rotatable bonds is 6. The Morgan fingerprint density at radius 3 is 2.48 bits per heavy atom. The second-order valence-electron chi connectivity index (χ2n) is 6.47. The smallest absolute Gasteiger partial charge is 0.307 e. The summed E-state index contributed by atoms with van der Waals surface area (Å²) in [5.74, 6) is 0.0626. The number of para-hydroxylation sites is 1. The molecule has 0 radical (unpaired) electrons. The van der Waals surface area contributed by atoms with Crippen LogP contribution in [-0.2, 0) is 17.8 Å². The number of ether oxygens (including phenoxy) is 1. The molecule has 0 aliphatic heterocycles. The van der Waals surface area contributed by atoms with Crippen molar-refractivity contribution in [2.24, 2.45) is 0 Å². The zero-order chi connectivity index (χ0) is 18.0. The Morgan fingerprint density at radius 1 is 1.12 bits per heavy atom. The van der Waals surface area contributed by atoms with Crippen LogP contribution >= 0.6 is 0 Å². The average Bonchev–Trinajstić information content (AvgIpc) is 2.90. The fraction of sp³-hybridized carbons (Fsp3) is 0.286. The molecule has 0 aliphatic rings. The Bertz CT molecular complexity index is 901. The van der Waals surface area contributed by atoms with Crippen LogP contribution < -0.4 is 4.74 Å². The fourth-order valence-electron chi connectivity index (χ4n) is 3.15. The van der Waals surface area contributed by atoms with Gasteiger partial charge in [0.25, 0.3) is 0 Å². The summed E-state index contributed by atoms with van der Waals surface area (Å²) in [6.07, 6.45) is 1.96. The summed E-state index contributed by atoms with van der Waals surface area (Å²) in [6.45, 7) is 7.50. The number of aryl methyl sites for hydroxylation is 2. The van der Waals surface area contributed by atoms with E-state index >= 15 is 0 Å². The van der Waals surface area contributed by atoms with Gasteiger partial charge >= 0.3 is 5.97 Å². The second kappa shape index (κ2) is 7.01. The number of benzene rings is 2. The number of nitrogens with zero attached hydrogens (tertiary/aromatic N) is 1. The molecule has 0 fully saturated rings. The number of carbonyl (C=O) groups is 1. The molecule has 0 atom stereocenters. The first-order valence-corrected chi connectivity index (χ1v) is 8.45. The molecule has 0 unspecified atom stereocenters. The standard InChI is InChI=1S/C21H23NO3/c1-14-10-18(11-15(2)16(14)3)25-9-8-22-13-17(12-21(23)24)19-6-4-5-7-20(19)22/h4-7,10-11,13H,8-9,12H2,1-3H3,(H,23,24). The van der Waals surface area contributed by atoms with E-state index in [0.29, 0.717) is 13.2 Å². The van der Waals surface area contributed by atoms with Crippen molar-refractivity contribution in [2.75, 3.05) is 6.61 Å². The normalized spacial score (nSPS) is 11.0. The molecule has 3 rings (SSSR count). The molecule has 0 aliphatic carbocycles. The molecule has 130 valence electrons. The van der Waals surface area contributed by atoms with Gasteiger partial charge < -0.3 is 14.4 Å². The van der Waals surface area contributed by atoms with E-state index in [9.17, 15) is 4.79 Å². The molecule has 3 aromatic rings. The maximum Gasteiger partial charge on any atom is 0.307 e. The van der Waals surface area contributed by atoms with E-state index in [1.165, 1.54) is 16.7 Å². The Kier molecular flexibility index (Phi) is 4.79. The minimum Gasteiger partial charge on any atom is -0.492 e. The summed E-state index contributed by atoms with van der Waals surface area (Å²) in [4.78, 5) is 11.1. The third-order valence-electron chi connectivity index (χ3n) is 4.71. The number of carboxylic acid groups (broad SMARTS) is 1. The highest BCUT2D eigenvalue weighted by Gasteiger charge is 2.11. The molecule has 1 heterocycles. The summed E-state index contributed by atoms with van der Waals surface area (Å²) in [7, 11) is 0. The maximum atomic E-state index is 11.1. The highest BCUT2D eigenvalue weighted by molar-refractivity contribution is 5.87. The van der Waals surface area contributed by atoms with Crippen molar-refractivity contribution in [2.45, 2.75) is 33.7 Å². The molecule has 4 heteroatoms. The van der Waals surface area contributed by atoms with Gasteiger partial charge in [-0.3, -0.25) is 4.79 Å². The third-order valence-corrected chi connectivity index (χ3v) is 4.71. The van der Waals surface area contributed by atoms with Crippen LogP contribution in [0.15, 0.2) is 42.6 Å². The van der Waals surface area contributed by atoms with Crippen molar-refractivity contribution in [1.82, 2.24) is 4.57 Å². The van der Waals surface area contributed by atoms with Crippen molar-refractivity contribution in [3.63, 3.8) is 0 Å². The summed E-state index contributed by atoms with van der Waals surface area (Å²) in [6, 6.07) is 12.0. The summed E-state index contributed by atoms with van der Waals surface area (Å²) in [5.41, 5.74) is 5.63. The minimum atomic E-state index is -0.815. The van der Waals surface area contributed by atoms with E-state index in [0.717, 1.165) is 22.2 Å². The van der Waals surface area contributed by atoms with Gasteiger partial charge in [-0.2, -0.15) is 0 Å². The molecule has 2 aromatic carbocycles. The van der Waals surface area contributed by atoms with Crippen LogP contribution in [0.3, 0.4) is 0 Å². The van der Waals surface area contributed by atoms with Gasteiger partial charge in [-0.1, -0.05) is 18.2 Å². The lowest BCUT2D eigenvalue weighted by molar-refractivity contribution is -0.136. The van der Waals surface area contributed by atoms with Gasteiger partial charge in [0.2, 0.25) is 0 Å². The largest absolute Gasteiger partial charge is 0.492 e. The predicted octanol–water partition coefficient (Wildman–Crippen LogP) is 4.27. The predicted molar refractivity (Wildman–Crippen MR) is 99.4 cm³/mol. The van der Waals surface area contributed by atoms with Crippen molar-refractivity contribution in [3.8, 4) is 5.75 Å². The number of aromatic nitrogens is 1. The van der Waals surface area contributed by atoms with Crippen LogP contribution in [0.5, 0.6) is 5.75 Å². The van der Waals surface area contributed by atoms with Crippen molar-refractivity contribution in [3.05, 3.63) is 64.8 Å². The highest BCUT2D eigenvalue weighted by atomic mass is 16.5. The molecule has 1 aromatic heterocycles. The van der Waals surface area contributed by atoms with Crippen LogP contribution in [0.1, 0.15) is 22.3 Å². The molecule has 1 N–H and O–H groups in total. The Labute approximate surface area is 147 Å². The molecule has 0 saturated heterocycles. The molecule has 0 spiro atoms. The lowest BCUT2D eigenvalue weighted by atomic mass is 10.0. The average molecular weight is 337 g/mol. The van der Waals surface area contributed by atoms with Gasteiger partial charge in [-0.05, 0) is 61.2 Å². The molecule has 4 nitrogen and oxygen atoms in total. The van der Waals surface area contributed by atoms with E-state index in [1.807, 2.05) is 30.5 Å². The van der Waals surface area contributed by atoms with Crippen LogP contribution in [0.2, 0.25) is 0 Å². The summed E-state index contributed by atoms with van der Waals surface area (Å²) < 4.78 is 8.00. The van der Waals surface area contributed by atoms with E-state index in [4.69, 9.17) is 9.84 Å². The number of aliphatic carboxylic acids is 1. The van der Waals surface area contributed by atoms with E-state index in [1.54, 1.807) is 0 Å². The SMILES string of the molecule is Cc1cc(OCCn2cc(CC(=O)O)c3ccccc32)cc(C)c1C. The third kappa shape index (κ3) is 3.68. The van der Waals surface area contributed by atoms with Gasteiger partial charge in [-0.25, -0.2) is 0 Å². The van der Waals surface area contributed by atoms with Crippen molar-refractivity contribution < 1.29 is 14.6 Å². The van der Waals surface area contributed by atoms with Crippen LogP contribution in [0.25, 0.3) is 10.9 Å². The quantitative estimate of drug-likeness (QED) is 0.731. The number of carboxylic acids is 1. The van der Waals surface area contributed by atoms with Gasteiger partial charge in [0.15, 0.2) is 0 Å². The van der Waals surface area contributed by atoms with Gasteiger partial charge in [-0.15, -0.1) is 0 Å². The topological polar surface area (TPSA) is 51.5 Å². The Hall–Kier alpha value is -2.75. The minimum absolute atomic E-state index is 0.0325. The molecule has 0 amide bonds. The first-order valence-electron chi connectivity index (χ1n) is 8.45. The van der Waals surface area contributed by atoms with Crippen molar-refractivity contribution in [1.29, 1.82) is 0 Å². The Morgan fingerprint density at radius 2 is 1.80 bits per heavy atom.